The normalized spacial score (nSPS) is 31.4. The maximum atomic E-state index is 14.5. The molecule has 3 aromatic rings. The second kappa shape index (κ2) is 13.3. The number of aryl methyl sites for hydroxylation is 1. The van der Waals surface area contributed by atoms with Gasteiger partial charge in [-0.1, -0.05) is 36.7 Å². The molecule has 4 aliphatic rings. The van der Waals surface area contributed by atoms with Gasteiger partial charge in [0.2, 0.25) is 0 Å². The molecule has 8 nitrogen and oxygen atoms in total. The number of rotatable bonds is 3. The smallest absolute Gasteiger partial charge is 0.285 e. The van der Waals surface area contributed by atoms with Crippen LogP contribution in [0.15, 0.2) is 71.5 Å². The van der Waals surface area contributed by atoms with Crippen molar-refractivity contribution in [3.63, 3.8) is 0 Å². The number of benzene rings is 2. The molecule has 1 aromatic heterocycles. The van der Waals surface area contributed by atoms with Gasteiger partial charge in [-0.15, -0.1) is 0 Å². The van der Waals surface area contributed by atoms with Crippen molar-refractivity contribution in [3.05, 3.63) is 94.5 Å². The summed E-state index contributed by atoms with van der Waals surface area (Å²) in [4.78, 5) is 24.9. The number of methoxy groups -OCH3 is 1. The van der Waals surface area contributed by atoms with E-state index in [0.717, 1.165) is 61.7 Å². The quantitative estimate of drug-likeness (QED) is 0.275. The molecule has 2 bridgehead atoms. The largest absolute Gasteiger partial charge is 0.490 e. The maximum Gasteiger partial charge on any atom is 0.285 e. The van der Waals surface area contributed by atoms with Gasteiger partial charge in [0.05, 0.1) is 39.6 Å². The molecule has 47 heavy (non-hydrogen) atoms. The fourth-order valence-electron chi connectivity index (χ4n) is 8.11. The van der Waals surface area contributed by atoms with E-state index in [0.29, 0.717) is 36.1 Å². The van der Waals surface area contributed by atoms with Crippen LogP contribution >= 0.6 is 11.6 Å². The average Bonchev–Trinajstić information content (AvgIpc) is 3.19. The summed E-state index contributed by atoms with van der Waals surface area (Å²) in [6, 6.07) is 11.9. The average molecular weight is 675 g/mol. The SMILES string of the molecule is CO[C@H]1/C=C/C[C@H](C)C[S@@](=O)(Cc2cnccn2)=NC(=O)c2ccc3c(c2)N(C[C@@H]2CC[C@H]21)C[C@@]1(CCCc2cc(Cl)ccc21)CO3. The van der Waals surface area contributed by atoms with Crippen LogP contribution in [0.5, 0.6) is 5.75 Å². The van der Waals surface area contributed by atoms with E-state index in [1.54, 1.807) is 31.8 Å². The first kappa shape index (κ1) is 32.3. The number of hydrogen-bond donors (Lipinski definition) is 0. The van der Waals surface area contributed by atoms with Crippen molar-refractivity contribution in [2.75, 3.05) is 37.5 Å². The molecule has 0 saturated heterocycles. The molecule has 2 aliphatic heterocycles. The van der Waals surface area contributed by atoms with Crippen molar-refractivity contribution in [2.45, 2.75) is 62.7 Å². The van der Waals surface area contributed by atoms with Gasteiger partial charge in [-0.2, -0.15) is 4.36 Å². The van der Waals surface area contributed by atoms with Crippen molar-refractivity contribution in [2.24, 2.45) is 22.1 Å². The lowest BCUT2D eigenvalue weighted by Crippen LogP contribution is -2.49. The molecular formula is C37H43ClN4O4S. The third-order valence-corrected chi connectivity index (χ3v) is 13.1. The van der Waals surface area contributed by atoms with Crippen LogP contribution in [0, 0.1) is 17.8 Å². The molecule has 1 amide bonds. The van der Waals surface area contributed by atoms with E-state index in [9.17, 15) is 9.00 Å². The molecule has 1 fully saturated rings. The number of hydrogen-bond acceptors (Lipinski definition) is 7. The number of amides is 1. The summed E-state index contributed by atoms with van der Waals surface area (Å²) in [7, 11) is -1.20. The van der Waals surface area contributed by atoms with Crippen LogP contribution in [-0.2, 0) is 32.1 Å². The Balaban J connectivity index is 1.32. The van der Waals surface area contributed by atoms with Gasteiger partial charge in [0.1, 0.15) is 5.75 Å². The van der Waals surface area contributed by atoms with E-state index in [4.69, 9.17) is 21.1 Å². The topological polar surface area (TPSA) is 94.0 Å². The zero-order valence-corrected chi connectivity index (χ0v) is 28.7. The number of aromatic nitrogens is 2. The van der Waals surface area contributed by atoms with E-state index >= 15 is 0 Å². The van der Waals surface area contributed by atoms with Crippen LogP contribution in [0.25, 0.3) is 0 Å². The van der Waals surface area contributed by atoms with E-state index < -0.39 is 15.6 Å². The minimum absolute atomic E-state index is 0.00427. The van der Waals surface area contributed by atoms with Crippen LogP contribution in [0.4, 0.5) is 5.69 Å². The lowest BCUT2D eigenvalue weighted by molar-refractivity contribution is 0.0131. The highest BCUT2D eigenvalue weighted by Gasteiger charge is 2.44. The van der Waals surface area contributed by atoms with Crippen LogP contribution in [0.2, 0.25) is 5.02 Å². The van der Waals surface area contributed by atoms with Crippen LogP contribution in [0.3, 0.4) is 0 Å². The van der Waals surface area contributed by atoms with Gasteiger partial charge in [-0.3, -0.25) is 14.8 Å². The van der Waals surface area contributed by atoms with Crippen LogP contribution in [0.1, 0.15) is 66.2 Å². The second-order valence-electron chi connectivity index (χ2n) is 13.9. The highest BCUT2D eigenvalue weighted by atomic mass is 35.5. The molecule has 6 atom stereocenters. The molecule has 10 heteroatoms. The summed E-state index contributed by atoms with van der Waals surface area (Å²) in [6.07, 6.45) is 15.1. The van der Waals surface area contributed by atoms with Crippen molar-refractivity contribution >= 4 is 32.9 Å². The highest BCUT2D eigenvalue weighted by Crippen LogP contribution is 2.47. The van der Waals surface area contributed by atoms with E-state index in [1.165, 1.54) is 11.1 Å². The number of nitrogens with zero attached hydrogens (tertiary/aromatic N) is 4. The number of halogens is 1. The summed E-state index contributed by atoms with van der Waals surface area (Å²) in [6.45, 7) is 4.20. The first-order chi connectivity index (χ1) is 22.7. The number of ether oxygens (including phenoxy) is 2. The molecule has 248 valence electrons. The Morgan fingerprint density at radius 1 is 1.17 bits per heavy atom. The Kier molecular flexibility index (Phi) is 9.15. The highest BCUT2D eigenvalue weighted by molar-refractivity contribution is 7.93. The fraction of sp³-hybridized carbons (Fsp3) is 0.486. The van der Waals surface area contributed by atoms with Crippen molar-refractivity contribution in [1.29, 1.82) is 0 Å². The Morgan fingerprint density at radius 3 is 2.85 bits per heavy atom. The zero-order chi connectivity index (χ0) is 32.6. The molecule has 2 aliphatic carbocycles. The van der Waals surface area contributed by atoms with Gasteiger partial charge in [0, 0.05) is 60.5 Å². The number of carbonyl (C=O) groups excluding carboxylic acids is 1. The van der Waals surface area contributed by atoms with Gasteiger partial charge in [0.25, 0.3) is 5.91 Å². The summed E-state index contributed by atoms with van der Waals surface area (Å²) >= 11 is 6.45. The standard InChI is InChI=1S/C37H43ClN4O4S/c1-25-5-3-7-34(45-2)31-11-8-28(31)20-42-23-37(14-4-6-26-17-29(38)10-12-32(26)37)24-46-35-13-9-27(18-33(35)42)36(43)41-47(44,21-25)22-30-19-39-15-16-40-30/h3,7,9-10,12-13,15-19,25,28,31,34H,4-6,8,11,14,20-24H2,1-2H3/b7-3+/t25-,28-,31+,34-,37-,47+/m0/s1. The van der Waals surface area contributed by atoms with E-state index in [1.807, 2.05) is 18.2 Å². The molecule has 3 heterocycles. The molecule has 1 saturated carbocycles. The number of allylic oxidation sites excluding steroid dienone is 1. The van der Waals surface area contributed by atoms with Crippen molar-refractivity contribution in [1.82, 2.24) is 9.97 Å². The Bertz CT molecular complexity index is 1790. The Morgan fingerprint density at radius 2 is 2.06 bits per heavy atom. The number of fused-ring (bicyclic) bond motifs is 4. The zero-order valence-electron chi connectivity index (χ0n) is 27.1. The van der Waals surface area contributed by atoms with Gasteiger partial charge < -0.3 is 14.4 Å². The Labute approximate surface area is 283 Å². The monoisotopic (exact) mass is 674 g/mol. The third-order valence-electron chi connectivity index (χ3n) is 10.6. The molecule has 0 radical (unpaired) electrons. The van der Waals surface area contributed by atoms with Crippen molar-refractivity contribution < 1.29 is 18.5 Å². The molecule has 7 rings (SSSR count). The second-order valence-corrected chi connectivity index (χ2v) is 16.7. The number of anilines is 1. The molecule has 0 N–H and O–H groups in total. The first-order valence-corrected chi connectivity index (χ1v) is 19.0. The fourth-order valence-corrected chi connectivity index (χ4v) is 10.6. The van der Waals surface area contributed by atoms with Crippen LogP contribution < -0.4 is 9.64 Å². The molecule has 0 unspecified atom stereocenters. The maximum absolute atomic E-state index is 14.5. The summed E-state index contributed by atoms with van der Waals surface area (Å²) in [5.74, 6) is 1.48. The summed E-state index contributed by atoms with van der Waals surface area (Å²) in [5, 5.41) is 0.761. The summed E-state index contributed by atoms with van der Waals surface area (Å²) < 4.78 is 31.7. The van der Waals surface area contributed by atoms with Gasteiger partial charge in [-0.05, 0) is 97.7 Å². The van der Waals surface area contributed by atoms with Crippen LogP contribution in [-0.4, -0.2) is 58.7 Å². The molecule has 1 spiro atoms. The van der Waals surface area contributed by atoms with Gasteiger partial charge in [-0.25, -0.2) is 4.21 Å². The lowest BCUT2D eigenvalue weighted by atomic mass is 9.68. The lowest BCUT2D eigenvalue weighted by Gasteiger charge is -2.46. The van der Waals surface area contributed by atoms with Crippen molar-refractivity contribution in [3.8, 4) is 5.75 Å². The molecule has 2 aromatic carbocycles. The van der Waals surface area contributed by atoms with E-state index in [2.05, 4.69) is 50.4 Å². The first-order valence-electron chi connectivity index (χ1n) is 16.8. The summed E-state index contributed by atoms with van der Waals surface area (Å²) in [5.41, 5.74) is 4.24. The van der Waals surface area contributed by atoms with Gasteiger partial charge >= 0.3 is 0 Å². The predicted octanol–water partition coefficient (Wildman–Crippen LogP) is 7.05. The minimum atomic E-state index is -2.99. The third kappa shape index (κ3) is 6.72. The number of carbonyl (C=O) groups is 1. The Hall–Kier alpha value is -3.27. The predicted molar refractivity (Wildman–Crippen MR) is 186 cm³/mol. The minimum Gasteiger partial charge on any atom is -0.490 e. The van der Waals surface area contributed by atoms with E-state index in [-0.39, 0.29) is 28.9 Å². The van der Waals surface area contributed by atoms with Gasteiger partial charge in [0.15, 0.2) is 0 Å². The molecular weight excluding hydrogens is 632 g/mol.